The third kappa shape index (κ3) is 2.31. The van der Waals surface area contributed by atoms with Crippen LogP contribution in [0, 0.1) is 3.57 Å². The van der Waals surface area contributed by atoms with Gasteiger partial charge in [0.2, 0.25) is 0 Å². The number of aromatic nitrogens is 2. The second-order valence-corrected chi connectivity index (χ2v) is 6.45. The Balaban J connectivity index is 2.52. The summed E-state index contributed by atoms with van der Waals surface area (Å²) in [5, 5.41) is 3.17. The van der Waals surface area contributed by atoms with E-state index in [0.29, 0.717) is 5.92 Å². The van der Waals surface area contributed by atoms with Crippen LogP contribution in [0.4, 0.5) is 5.82 Å². The van der Waals surface area contributed by atoms with E-state index in [9.17, 15) is 0 Å². The van der Waals surface area contributed by atoms with E-state index in [0.717, 1.165) is 11.6 Å². The van der Waals surface area contributed by atoms with Crippen molar-refractivity contribution in [1.29, 1.82) is 0 Å². The fraction of sp³-hybridized carbons (Fsp3) is 0.667. The van der Waals surface area contributed by atoms with E-state index in [2.05, 4.69) is 53.7 Å². The van der Waals surface area contributed by atoms with Crippen molar-refractivity contribution < 1.29 is 0 Å². The molecule has 1 saturated carbocycles. The number of rotatable bonds is 2. The van der Waals surface area contributed by atoms with Gasteiger partial charge in [-0.1, -0.05) is 20.8 Å². The number of hydrogen-bond acceptors (Lipinski definition) is 3. The van der Waals surface area contributed by atoms with Gasteiger partial charge in [0.1, 0.15) is 11.6 Å². The lowest BCUT2D eigenvalue weighted by Gasteiger charge is -2.19. The van der Waals surface area contributed by atoms with Gasteiger partial charge < -0.3 is 5.32 Å². The van der Waals surface area contributed by atoms with Gasteiger partial charge in [-0.2, -0.15) is 0 Å². The zero-order valence-corrected chi connectivity index (χ0v) is 12.4. The third-order valence-electron chi connectivity index (χ3n) is 2.75. The van der Waals surface area contributed by atoms with Crippen LogP contribution in [-0.4, -0.2) is 17.0 Å². The van der Waals surface area contributed by atoms with Crippen molar-refractivity contribution in [2.24, 2.45) is 0 Å². The highest BCUT2D eigenvalue weighted by molar-refractivity contribution is 14.1. The molecule has 3 nitrogen and oxygen atoms in total. The van der Waals surface area contributed by atoms with Gasteiger partial charge in [-0.05, 0) is 35.4 Å². The molecule has 1 aromatic rings. The molecule has 1 aliphatic rings. The van der Waals surface area contributed by atoms with Crippen LogP contribution >= 0.6 is 22.6 Å². The molecule has 0 aromatic carbocycles. The molecule has 0 bridgehead atoms. The van der Waals surface area contributed by atoms with E-state index in [4.69, 9.17) is 4.98 Å². The van der Waals surface area contributed by atoms with Crippen LogP contribution in [0.2, 0.25) is 0 Å². The fourth-order valence-electron chi connectivity index (χ4n) is 1.59. The first kappa shape index (κ1) is 12.1. The van der Waals surface area contributed by atoms with Crippen molar-refractivity contribution in [2.75, 3.05) is 12.4 Å². The lowest BCUT2D eigenvalue weighted by atomic mass is 9.95. The van der Waals surface area contributed by atoms with Crippen LogP contribution in [0.5, 0.6) is 0 Å². The summed E-state index contributed by atoms with van der Waals surface area (Å²) in [7, 11) is 1.92. The molecule has 2 rings (SSSR count). The molecule has 0 unspecified atom stereocenters. The largest absolute Gasteiger partial charge is 0.372 e. The smallest absolute Gasteiger partial charge is 0.143 e. The molecule has 1 heterocycles. The van der Waals surface area contributed by atoms with Gasteiger partial charge in [-0.15, -0.1) is 0 Å². The van der Waals surface area contributed by atoms with Gasteiger partial charge in [0, 0.05) is 18.4 Å². The summed E-state index contributed by atoms with van der Waals surface area (Å²) in [4.78, 5) is 9.36. The Kier molecular flexibility index (Phi) is 3.11. The van der Waals surface area contributed by atoms with Gasteiger partial charge in [-0.3, -0.25) is 0 Å². The SMILES string of the molecule is CNc1nc(C(C)(C)C)nc(C2CC2)c1I. The van der Waals surface area contributed by atoms with Gasteiger partial charge in [0.15, 0.2) is 0 Å². The van der Waals surface area contributed by atoms with Crippen LogP contribution in [0.1, 0.15) is 51.0 Å². The molecule has 1 aliphatic carbocycles. The number of nitrogens with one attached hydrogen (secondary N) is 1. The summed E-state index contributed by atoms with van der Waals surface area (Å²) in [5.41, 5.74) is 1.25. The van der Waals surface area contributed by atoms with Crippen molar-refractivity contribution in [2.45, 2.75) is 44.9 Å². The van der Waals surface area contributed by atoms with Crippen LogP contribution in [0.25, 0.3) is 0 Å². The standard InChI is InChI=1S/C12H18IN3/c1-12(2,3)11-15-9(7-5-6-7)8(13)10(14-4)16-11/h7H,5-6H2,1-4H3,(H,14,15,16). The predicted octanol–water partition coefficient (Wildman–Crippen LogP) is 3.30. The maximum absolute atomic E-state index is 4.76. The van der Waals surface area contributed by atoms with Crippen molar-refractivity contribution in [3.63, 3.8) is 0 Å². The van der Waals surface area contributed by atoms with Gasteiger partial charge >= 0.3 is 0 Å². The summed E-state index contributed by atoms with van der Waals surface area (Å²) in [6, 6.07) is 0. The second-order valence-electron chi connectivity index (χ2n) is 5.37. The van der Waals surface area contributed by atoms with E-state index in [-0.39, 0.29) is 5.41 Å². The molecule has 0 radical (unpaired) electrons. The predicted molar refractivity (Wildman–Crippen MR) is 75.0 cm³/mol. The number of hydrogen-bond donors (Lipinski definition) is 1. The van der Waals surface area contributed by atoms with Crippen molar-refractivity contribution in [1.82, 2.24) is 9.97 Å². The van der Waals surface area contributed by atoms with Crippen LogP contribution in [0.15, 0.2) is 0 Å². The minimum atomic E-state index is 0.0135. The summed E-state index contributed by atoms with van der Waals surface area (Å²) in [6.07, 6.45) is 2.56. The van der Waals surface area contributed by atoms with Crippen molar-refractivity contribution >= 4 is 28.4 Å². The Morgan fingerprint density at radius 2 is 1.88 bits per heavy atom. The first-order valence-corrected chi connectivity index (χ1v) is 6.77. The molecule has 0 saturated heterocycles. The summed E-state index contributed by atoms with van der Waals surface area (Å²) in [5.74, 6) is 2.59. The average Bonchev–Trinajstić information content (AvgIpc) is 3.00. The van der Waals surface area contributed by atoms with E-state index < -0.39 is 0 Å². The Labute approximate surface area is 111 Å². The molecule has 88 valence electrons. The monoisotopic (exact) mass is 331 g/mol. The zero-order chi connectivity index (χ0) is 11.9. The molecule has 0 aliphatic heterocycles. The fourth-order valence-corrected chi connectivity index (χ4v) is 2.54. The maximum atomic E-state index is 4.76. The first-order chi connectivity index (χ1) is 7.43. The summed E-state index contributed by atoms with van der Waals surface area (Å²) < 4.78 is 1.19. The second kappa shape index (κ2) is 4.13. The van der Waals surface area contributed by atoms with Gasteiger partial charge in [-0.25, -0.2) is 9.97 Å². The zero-order valence-electron chi connectivity index (χ0n) is 10.3. The normalized spacial score (nSPS) is 16.3. The van der Waals surface area contributed by atoms with Gasteiger partial charge in [0.05, 0.1) is 9.26 Å². The Morgan fingerprint density at radius 3 is 2.31 bits per heavy atom. The number of anilines is 1. The van der Waals surface area contributed by atoms with Crippen molar-refractivity contribution in [3.8, 4) is 0 Å². The Bertz CT molecular complexity index is 405. The maximum Gasteiger partial charge on any atom is 0.143 e. The Hall–Kier alpha value is -0.390. The highest BCUT2D eigenvalue weighted by Gasteiger charge is 2.31. The highest BCUT2D eigenvalue weighted by Crippen LogP contribution is 2.42. The molecule has 4 heteroatoms. The molecule has 0 spiro atoms. The van der Waals surface area contributed by atoms with Crippen LogP contribution < -0.4 is 5.32 Å². The van der Waals surface area contributed by atoms with E-state index in [1.54, 1.807) is 0 Å². The van der Waals surface area contributed by atoms with Crippen LogP contribution in [0.3, 0.4) is 0 Å². The molecule has 0 atom stereocenters. The van der Waals surface area contributed by atoms with E-state index in [1.165, 1.54) is 22.1 Å². The van der Waals surface area contributed by atoms with Crippen molar-refractivity contribution in [3.05, 3.63) is 15.1 Å². The molecule has 1 aromatic heterocycles. The summed E-state index contributed by atoms with van der Waals surface area (Å²) in [6.45, 7) is 6.47. The molecular formula is C12H18IN3. The molecule has 0 amide bonds. The first-order valence-electron chi connectivity index (χ1n) is 5.69. The van der Waals surface area contributed by atoms with Gasteiger partial charge in [0.25, 0.3) is 0 Å². The topological polar surface area (TPSA) is 37.8 Å². The lowest BCUT2D eigenvalue weighted by Crippen LogP contribution is -2.19. The van der Waals surface area contributed by atoms with E-state index >= 15 is 0 Å². The molecule has 16 heavy (non-hydrogen) atoms. The highest BCUT2D eigenvalue weighted by atomic mass is 127. The Morgan fingerprint density at radius 1 is 1.25 bits per heavy atom. The summed E-state index contributed by atoms with van der Waals surface area (Å²) >= 11 is 2.35. The number of halogens is 1. The van der Waals surface area contributed by atoms with E-state index in [1.807, 2.05) is 7.05 Å². The quantitative estimate of drug-likeness (QED) is 0.845. The molecular weight excluding hydrogens is 313 g/mol. The minimum Gasteiger partial charge on any atom is -0.372 e. The molecule has 1 N–H and O–H groups in total. The number of nitrogens with zero attached hydrogens (tertiary/aromatic N) is 2. The minimum absolute atomic E-state index is 0.0135. The lowest BCUT2D eigenvalue weighted by molar-refractivity contribution is 0.541. The third-order valence-corrected chi connectivity index (χ3v) is 3.81. The molecule has 1 fully saturated rings. The van der Waals surface area contributed by atoms with Crippen LogP contribution in [-0.2, 0) is 5.41 Å². The average molecular weight is 331 g/mol.